The maximum atomic E-state index is 13.5. The molecule has 3 heterocycles. The Hall–Kier alpha value is -3.64. The average Bonchev–Trinajstić information content (AvgIpc) is 3.60. The van der Waals surface area contributed by atoms with Gasteiger partial charge in [-0.2, -0.15) is 0 Å². The molecule has 214 valence electrons. The quantitative estimate of drug-likeness (QED) is 0.194. The number of carbonyl (C=O) groups excluding carboxylic acids is 2. The molecule has 3 aromatic rings. The first-order chi connectivity index (χ1) is 20.1. The van der Waals surface area contributed by atoms with Crippen LogP contribution in [0, 0.1) is 5.92 Å². The van der Waals surface area contributed by atoms with Crippen molar-refractivity contribution in [2.24, 2.45) is 5.92 Å². The van der Waals surface area contributed by atoms with Gasteiger partial charge in [-0.3, -0.25) is 14.5 Å². The number of unbranched alkanes of at least 4 members (excludes halogenated alkanes) is 4. The van der Waals surface area contributed by atoms with Crippen molar-refractivity contribution < 1.29 is 23.8 Å². The van der Waals surface area contributed by atoms with Crippen LogP contribution in [-0.4, -0.2) is 23.3 Å². The van der Waals surface area contributed by atoms with Crippen molar-refractivity contribution in [1.29, 1.82) is 0 Å². The van der Waals surface area contributed by atoms with Crippen LogP contribution < -0.4 is 9.47 Å². The number of likely N-dealkylation sites (tertiary alicyclic amines) is 1. The molecule has 6 heteroatoms. The maximum absolute atomic E-state index is 13.5. The van der Waals surface area contributed by atoms with Crippen molar-refractivity contribution in [1.82, 2.24) is 4.90 Å². The second-order valence-electron chi connectivity index (χ2n) is 11.5. The number of benzene rings is 3. The lowest BCUT2D eigenvalue weighted by Gasteiger charge is -2.42. The lowest BCUT2D eigenvalue weighted by molar-refractivity contribution is -0.227. The minimum Gasteiger partial charge on any atom is -0.489 e. The monoisotopic (exact) mass is 553 g/mol. The molecule has 0 bridgehead atoms. The SMILES string of the molecule is CCCCCCC[C@@H]1Cc2c(cccc2C(=O)N2CCCC2=O)O[C@]12OCc1c(OCc3ccccc3)cccc12. The summed E-state index contributed by atoms with van der Waals surface area (Å²) in [5.74, 6) is 0.249. The van der Waals surface area contributed by atoms with Gasteiger partial charge in [0.25, 0.3) is 5.91 Å². The fourth-order valence-electron chi connectivity index (χ4n) is 6.59. The summed E-state index contributed by atoms with van der Waals surface area (Å²) in [5.41, 5.74) is 4.60. The van der Waals surface area contributed by atoms with Crippen LogP contribution in [0.4, 0.5) is 0 Å². The van der Waals surface area contributed by atoms with Gasteiger partial charge >= 0.3 is 0 Å². The van der Waals surface area contributed by atoms with Gasteiger partial charge in [-0.15, -0.1) is 0 Å². The van der Waals surface area contributed by atoms with E-state index in [0.29, 0.717) is 43.9 Å². The third-order valence-electron chi connectivity index (χ3n) is 8.76. The van der Waals surface area contributed by atoms with Gasteiger partial charge in [0, 0.05) is 41.1 Å². The molecule has 2 amide bonds. The highest BCUT2D eigenvalue weighted by atomic mass is 16.7. The number of carbonyl (C=O) groups is 2. The number of ether oxygens (including phenoxy) is 3. The highest BCUT2D eigenvalue weighted by Crippen LogP contribution is 2.53. The Labute approximate surface area is 242 Å². The summed E-state index contributed by atoms with van der Waals surface area (Å²) >= 11 is 0. The molecule has 41 heavy (non-hydrogen) atoms. The van der Waals surface area contributed by atoms with Crippen molar-refractivity contribution >= 4 is 11.8 Å². The lowest BCUT2D eigenvalue weighted by atomic mass is 9.79. The molecule has 1 saturated heterocycles. The highest BCUT2D eigenvalue weighted by Gasteiger charge is 2.53. The molecule has 6 rings (SSSR count). The molecule has 0 saturated carbocycles. The number of nitrogens with zero attached hydrogens (tertiary/aromatic N) is 1. The topological polar surface area (TPSA) is 65.1 Å². The van der Waals surface area contributed by atoms with Crippen molar-refractivity contribution in [3.05, 3.63) is 94.5 Å². The second-order valence-corrected chi connectivity index (χ2v) is 11.5. The standard InChI is InChI=1S/C35H39NO5/c1-2-3-4-5-9-15-26-22-28-27(34(38)36-21-12-20-33(36)37)16-10-19-32(28)41-35(26)30-17-11-18-31(29(30)24-40-35)39-23-25-13-7-6-8-14-25/h6-8,10-11,13-14,16-19,26H,2-5,9,12,15,20-24H2,1H3/t26-,35-/m1/s1. The van der Waals surface area contributed by atoms with Crippen LogP contribution in [-0.2, 0) is 35.0 Å². The molecule has 3 aliphatic rings. The normalized spacial score (nSPS) is 21.0. The van der Waals surface area contributed by atoms with E-state index in [1.807, 2.05) is 48.5 Å². The molecule has 0 aromatic heterocycles. The van der Waals surface area contributed by atoms with Crippen LogP contribution in [0.2, 0.25) is 0 Å². The third-order valence-corrected chi connectivity index (χ3v) is 8.76. The van der Waals surface area contributed by atoms with Gasteiger partial charge in [-0.25, -0.2) is 0 Å². The summed E-state index contributed by atoms with van der Waals surface area (Å²) in [7, 11) is 0. The fourth-order valence-corrected chi connectivity index (χ4v) is 6.59. The van der Waals surface area contributed by atoms with E-state index in [1.54, 1.807) is 0 Å². The molecule has 2 atom stereocenters. The Balaban J connectivity index is 1.32. The molecular formula is C35H39NO5. The molecule has 0 N–H and O–H groups in total. The number of rotatable bonds is 10. The molecule has 3 aliphatic heterocycles. The summed E-state index contributed by atoms with van der Waals surface area (Å²) in [5, 5.41) is 0. The highest BCUT2D eigenvalue weighted by molar-refractivity contribution is 6.06. The Morgan fingerprint density at radius 1 is 0.976 bits per heavy atom. The zero-order valence-corrected chi connectivity index (χ0v) is 23.9. The molecule has 1 spiro atoms. The molecule has 1 fully saturated rings. The van der Waals surface area contributed by atoms with E-state index in [-0.39, 0.29) is 17.7 Å². The van der Waals surface area contributed by atoms with Crippen LogP contribution >= 0.6 is 0 Å². The predicted octanol–water partition coefficient (Wildman–Crippen LogP) is 7.32. The number of fused-ring (bicyclic) bond motifs is 3. The summed E-state index contributed by atoms with van der Waals surface area (Å²) in [4.78, 5) is 27.3. The van der Waals surface area contributed by atoms with Gasteiger partial charge in [0.2, 0.25) is 11.7 Å². The van der Waals surface area contributed by atoms with Crippen molar-refractivity contribution in [2.45, 2.75) is 83.7 Å². The Morgan fingerprint density at radius 3 is 2.61 bits per heavy atom. The van der Waals surface area contributed by atoms with Gasteiger partial charge in [0.05, 0.1) is 6.61 Å². The summed E-state index contributed by atoms with van der Waals surface area (Å²) in [6.45, 7) is 3.60. The van der Waals surface area contributed by atoms with Crippen LogP contribution in [0.5, 0.6) is 11.5 Å². The van der Waals surface area contributed by atoms with Gasteiger partial charge in [0.1, 0.15) is 18.1 Å². The van der Waals surface area contributed by atoms with Crippen molar-refractivity contribution in [3.63, 3.8) is 0 Å². The fraction of sp³-hybridized carbons (Fsp3) is 0.429. The molecule has 6 nitrogen and oxygen atoms in total. The Kier molecular flexibility index (Phi) is 8.11. The Morgan fingerprint density at radius 2 is 1.80 bits per heavy atom. The van der Waals surface area contributed by atoms with Crippen molar-refractivity contribution in [2.75, 3.05) is 6.54 Å². The zero-order chi connectivity index (χ0) is 28.2. The second kappa shape index (κ2) is 12.1. The van der Waals surface area contributed by atoms with E-state index in [0.717, 1.165) is 53.7 Å². The molecule has 0 aliphatic carbocycles. The van der Waals surface area contributed by atoms with Crippen LogP contribution in [0.15, 0.2) is 66.7 Å². The third kappa shape index (κ3) is 5.38. The van der Waals surface area contributed by atoms with Gasteiger partial charge in [0.15, 0.2) is 0 Å². The van der Waals surface area contributed by atoms with E-state index >= 15 is 0 Å². The van der Waals surface area contributed by atoms with Crippen LogP contribution in [0.3, 0.4) is 0 Å². The van der Waals surface area contributed by atoms with Crippen LogP contribution in [0.1, 0.15) is 90.9 Å². The first-order valence-corrected chi connectivity index (χ1v) is 15.2. The van der Waals surface area contributed by atoms with E-state index in [4.69, 9.17) is 14.2 Å². The van der Waals surface area contributed by atoms with E-state index in [9.17, 15) is 9.59 Å². The van der Waals surface area contributed by atoms with Crippen LogP contribution in [0.25, 0.3) is 0 Å². The lowest BCUT2D eigenvalue weighted by Crippen LogP contribution is -2.45. The van der Waals surface area contributed by atoms with E-state index < -0.39 is 5.79 Å². The molecular weight excluding hydrogens is 514 g/mol. The number of hydrogen-bond acceptors (Lipinski definition) is 5. The zero-order valence-electron chi connectivity index (χ0n) is 23.9. The minimum atomic E-state index is -0.940. The van der Waals surface area contributed by atoms with E-state index in [2.05, 4.69) is 25.1 Å². The van der Waals surface area contributed by atoms with Gasteiger partial charge in [-0.05, 0) is 43.0 Å². The average molecular weight is 554 g/mol. The smallest absolute Gasteiger partial charge is 0.260 e. The Bertz CT molecular complexity index is 1400. The number of imide groups is 1. The number of amides is 2. The first-order valence-electron chi connectivity index (χ1n) is 15.2. The summed E-state index contributed by atoms with van der Waals surface area (Å²) in [6, 6.07) is 21.9. The van der Waals surface area contributed by atoms with E-state index in [1.165, 1.54) is 24.2 Å². The summed E-state index contributed by atoms with van der Waals surface area (Å²) < 4.78 is 19.8. The maximum Gasteiger partial charge on any atom is 0.260 e. The van der Waals surface area contributed by atoms with Crippen molar-refractivity contribution in [3.8, 4) is 11.5 Å². The minimum absolute atomic E-state index is 0.0190. The van der Waals surface area contributed by atoms with Gasteiger partial charge in [-0.1, -0.05) is 87.6 Å². The molecule has 0 unspecified atom stereocenters. The molecule has 3 aromatic carbocycles. The first kappa shape index (κ1) is 27.5. The molecule has 0 radical (unpaired) electrons. The predicted molar refractivity (Wildman–Crippen MR) is 157 cm³/mol. The summed E-state index contributed by atoms with van der Waals surface area (Å²) in [6.07, 6.45) is 8.59. The number of hydrogen-bond donors (Lipinski definition) is 0. The van der Waals surface area contributed by atoms with Gasteiger partial charge < -0.3 is 14.2 Å². The largest absolute Gasteiger partial charge is 0.489 e.